The molecule has 3 nitrogen and oxygen atoms in total. The minimum Gasteiger partial charge on any atom is -0.382 e. The van der Waals surface area contributed by atoms with E-state index < -0.39 is 0 Å². The number of nitrogens with one attached hydrogen (secondary N) is 1. The van der Waals surface area contributed by atoms with Crippen molar-refractivity contribution in [2.45, 2.75) is 39.7 Å². The number of ether oxygens (including phenoxy) is 1. The zero-order valence-corrected chi connectivity index (χ0v) is 11.5. The lowest BCUT2D eigenvalue weighted by molar-refractivity contribution is 0.146. The van der Waals surface area contributed by atoms with Crippen molar-refractivity contribution in [3.63, 3.8) is 0 Å². The standard InChI is InChI=1S/C12H24N2OS/c1-4-15-8-5-7-13-12-14-11(10(2)3)6-9-16-12/h10-11H,4-9H2,1-3H3,(H,13,14). The van der Waals surface area contributed by atoms with Crippen LogP contribution in [0.1, 0.15) is 33.6 Å². The Balaban J connectivity index is 2.22. The molecule has 1 aliphatic heterocycles. The topological polar surface area (TPSA) is 33.6 Å². The summed E-state index contributed by atoms with van der Waals surface area (Å²) in [7, 11) is 0. The van der Waals surface area contributed by atoms with Crippen LogP contribution in [0.2, 0.25) is 0 Å². The van der Waals surface area contributed by atoms with E-state index in [1.54, 1.807) is 0 Å². The van der Waals surface area contributed by atoms with E-state index in [9.17, 15) is 0 Å². The molecule has 0 saturated carbocycles. The third kappa shape index (κ3) is 5.21. The van der Waals surface area contributed by atoms with Crippen LogP contribution in [0.25, 0.3) is 0 Å². The summed E-state index contributed by atoms with van der Waals surface area (Å²) in [5.41, 5.74) is 0. The van der Waals surface area contributed by atoms with Gasteiger partial charge in [0.05, 0.1) is 0 Å². The van der Waals surface area contributed by atoms with Crippen molar-refractivity contribution in [2.75, 3.05) is 25.5 Å². The molecule has 1 heterocycles. The quantitative estimate of drug-likeness (QED) is 0.729. The Hall–Kier alpha value is -0.220. The van der Waals surface area contributed by atoms with Crippen LogP contribution in [0.5, 0.6) is 0 Å². The molecule has 1 aliphatic rings. The SMILES string of the molecule is CCOCCCN=C1NC(C(C)C)CCS1. The van der Waals surface area contributed by atoms with Gasteiger partial charge >= 0.3 is 0 Å². The van der Waals surface area contributed by atoms with Crippen molar-refractivity contribution in [3.05, 3.63) is 0 Å². The maximum atomic E-state index is 5.29. The lowest BCUT2D eigenvalue weighted by Gasteiger charge is -2.28. The van der Waals surface area contributed by atoms with Gasteiger partial charge in [-0.2, -0.15) is 0 Å². The summed E-state index contributed by atoms with van der Waals surface area (Å²) in [6.07, 6.45) is 2.27. The molecule has 4 heteroatoms. The fourth-order valence-corrected chi connectivity index (χ4v) is 2.62. The van der Waals surface area contributed by atoms with E-state index in [1.807, 2.05) is 18.7 Å². The summed E-state index contributed by atoms with van der Waals surface area (Å²) in [6, 6.07) is 0.604. The molecule has 0 aromatic heterocycles. The smallest absolute Gasteiger partial charge is 0.156 e. The fourth-order valence-electron chi connectivity index (χ4n) is 1.64. The zero-order valence-electron chi connectivity index (χ0n) is 10.7. The first kappa shape index (κ1) is 13.8. The van der Waals surface area contributed by atoms with Crippen molar-refractivity contribution in [1.82, 2.24) is 5.32 Å². The fraction of sp³-hybridized carbons (Fsp3) is 0.917. The average Bonchev–Trinajstić information content (AvgIpc) is 2.29. The zero-order chi connectivity index (χ0) is 11.8. The Morgan fingerprint density at radius 1 is 1.56 bits per heavy atom. The summed E-state index contributed by atoms with van der Waals surface area (Å²) in [4.78, 5) is 4.58. The van der Waals surface area contributed by atoms with Crippen molar-refractivity contribution >= 4 is 16.9 Å². The van der Waals surface area contributed by atoms with Gasteiger partial charge in [0.25, 0.3) is 0 Å². The Morgan fingerprint density at radius 3 is 3.06 bits per heavy atom. The Labute approximate surface area is 103 Å². The van der Waals surface area contributed by atoms with E-state index in [4.69, 9.17) is 4.74 Å². The minimum absolute atomic E-state index is 0.604. The van der Waals surface area contributed by atoms with Gasteiger partial charge in [0.15, 0.2) is 5.17 Å². The molecule has 1 rings (SSSR count). The molecule has 1 unspecified atom stereocenters. The lowest BCUT2D eigenvalue weighted by Crippen LogP contribution is -2.41. The summed E-state index contributed by atoms with van der Waals surface area (Å²) < 4.78 is 5.29. The number of nitrogens with zero attached hydrogens (tertiary/aromatic N) is 1. The highest BCUT2D eigenvalue weighted by atomic mass is 32.2. The van der Waals surface area contributed by atoms with E-state index in [-0.39, 0.29) is 0 Å². The second-order valence-electron chi connectivity index (χ2n) is 4.37. The molecule has 0 radical (unpaired) electrons. The number of aliphatic imine (C=N–C) groups is 1. The van der Waals surface area contributed by atoms with Crippen molar-refractivity contribution in [3.8, 4) is 0 Å². The van der Waals surface area contributed by atoms with Gasteiger partial charge in [-0.05, 0) is 25.7 Å². The molecule has 1 saturated heterocycles. The normalized spacial score (nSPS) is 23.8. The predicted octanol–water partition coefficient (Wildman–Crippen LogP) is 2.52. The summed E-state index contributed by atoms with van der Waals surface area (Å²) in [5.74, 6) is 1.88. The van der Waals surface area contributed by atoms with Crippen LogP contribution in [0.4, 0.5) is 0 Å². The molecule has 1 N–H and O–H groups in total. The van der Waals surface area contributed by atoms with Gasteiger partial charge < -0.3 is 10.1 Å². The van der Waals surface area contributed by atoms with Crippen LogP contribution < -0.4 is 5.32 Å². The van der Waals surface area contributed by atoms with Gasteiger partial charge in [-0.25, -0.2) is 0 Å². The molecule has 16 heavy (non-hydrogen) atoms. The van der Waals surface area contributed by atoms with Gasteiger partial charge in [0, 0.05) is 31.6 Å². The van der Waals surface area contributed by atoms with E-state index in [0.29, 0.717) is 12.0 Å². The molecule has 1 fully saturated rings. The number of rotatable bonds is 6. The first-order chi connectivity index (χ1) is 7.74. The first-order valence-corrected chi connectivity index (χ1v) is 7.24. The van der Waals surface area contributed by atoms with Gasteiger partial charge in [0.2, 0.25) is 0 Å². The maximum absolute atomic E-state index is 5.29. The van der Waals surface area contributed by atoms with Crippen LogP contribution in [0, 0.1) is 5.92 Å². The molecule has 94 valence electrons. The third-order valence-corrected chi connectivity index (χ3v) is 3.65. The van der Waals surface area contributed by atoms with Gasteiger partial charge in [-0.3, -0.25) is 4.99 Å². The highest BCUT2D eigenvalue weighted by Gasteiger charge is 2.19. The second-order valence-corrected chi connectivity index (χ2v) is 5.45. The van der Waals surface area contributed by atoms with E-state index in [0.717, 1.165) is 31.3 Å². The first-order valence-electron chi connectivity index (χ1n) is 6.25. The Bertz CT molecular complexity index is 219. The van der Waals surface area contributed by atoms with E-state index in [2.05, 4.69) is 24.2 Å². The van der Waals surface area contributed by atoms with Crippen LogP contribution >= 0.6 is 11.8 Å². The van der Waals surface area contributed by atoms with Crippen molar-refractivity contribution in [2.24, 2.45) is 10.9 Å². The van der Waals surface area contributed by atoms with Crippen LogP contribution in [-0.2, 0) is 4.74 Å². The number of hydrogen-bond acceptors (Lipinski definition) is 3. The van der Waals surface area contributed by atoms with E-state index >= 15 is 0 Å². The van der Waals surface area contributed by atoms with E-state index in [1.165, 1.54) is 12.2 Å². The molecule has 0 amide bonds. The number of amidine groups is 1. The highest BCUT2D eigenvalue weighted by molar-refractivity contribution is 8.13. The molecular formula is C12H24N2OS. The Kier molecular flexibility index (Phi) is 6.88. The largest absolute Gasteiger partial charge is 0.382 e. The van der Waals surface area contributed by atoms with Gasteiger partial charge in [-0.15, -0.1) is 0 Å². The summed E-state index contributed by atoms with van der Waals surface area (Å²) >= 11 is 1.85. The third-order valence-electron chi connectivity index (χ3n) is 2.69. The summed E-state index contributed by atoms with van der Waals surface area (Å²) in [6.45, 7) is 9.06. The van der Waals surface area contributed by atoms with Crippen molar-refractivity contribution in [1.29, 1.82) is 0 Å². The maximum Gasteiger partial charge on any atom is 0.156 e. The average molecular weight is 244 g/mol. The minimum atomic E-state index is 0.604. The predicted molar refractivity (Wildman–Crippen MR) is 72.2 cm³/mol. The molecular weight excluding hydrogens is 220 g/mol. The number of hydrogen-bond donors (Lipinski definition) is 1. The highest BCUT2D eigenvalue weighted by Crippen LogP contribution is 2.18. The van der Waals surface area contributed by atoms with Crippen LogP contribution in [0.3, 0.4) is 0 Å². The molecule has 0 bridgehead atoms. The van der Waals surface area contributed by atoms with Gasteiger partial charge in [-0.1, -0.05) is 25.6 Å². The number of thioether (sulfide) groups is 1. The Morgan fingerprint density at radius 2 is 2.38 bits per heavy atom. The molecule has 0 aromatic rings. The molecule has 0 aromatic carbocycles. The second kappa shape index (κ2) is 7.96. The van der Waals surface area contributed by atoms with Gasteiger partial charge in [0.1, 0.15) is 0 Å². The monoisotopic (exact) mass is 244 g/mol. The molecule has 0 spiro atoms. The van der Waals surface area contributed by atoms with Crippen LogP contribution in [-0.4, -0.2) is 36.7 Å². The summed E-state index contributed by atoms with van der Waals surface area (Å²) in [5, 5.41) is 4.64. The molecule has 1 atom stereocenters. The van der Waals surface area contributed by atoms with Crippen molar-refractivity contribution < 1.29 is 4.74 Å². The lowest BCUT2D eigenvalue weighted by atomic mass is 10.0. The van der Waals surface area contributed by atoms with Crippen LogP contribution in [0.15, 0.2) is 4.99 Å². The molecule has 0 aliphatic carbocycles.